The number of halogens is 1. The van der Waals surface area contributed by atoms with Crippen LogP contribution in [-0.2, 0) is 9.53 Å². The highest BCUT2D eigenvalue weighted by atomic mass is 35.5. The van der Waals surface area contributed by atoms with Gasteiger partial charge in [0.1, 0.15) is 16.9 Å². The molecule has 0 spiro atoms. The average Bonchev–Trinajstić information content (AvgIpc) is 2.88. The van der Waals surface area contributed by atoms with Gasteiger partial charge in [0, 0.05) is 37.8 Å². The normalized spacial score (nSPS) is 14.1. The van der Waals surface area contributed by atoms with Crippen molar-refractivity contribution in [2.45, 2.75) is 32.2 Å². The van der Waals surface area contributed by atoms with Crippen molar-refractivity contribution in [1.82, 2.24) is 25.1 Å². The van der Waals surface area contributed by atoms with Gasteiger partial charge in [0.15, 0.2) is 5.82 Å². The minimum absolute atomic E-state index is 0.0146. The van der Waals surface area contributed by atoms with Crippen molar-refractivity contribution in [1.29, 1.82) is 5.26 Å². The van der Waals surface area contributed by atoms with Gasteiger partial charge in [0.2, 0.25) is 5.91 Å². The Morgan fingerprint density at radius 1 is 1.14 bits per heavy atom. The lowest BCUT2D eigenvalue weighted by Crippen LogP contribution is -2.56. The van der Waals surface area contributed by atoms with Crippen LogP contribution in [0.15, 0.2) is 36.4 Å². The van der Waals surface area contributed by atoms with Crippen molar-refractivity contribution < 1.29 is 19.1 Å². The number of amides is 3. The minimum atomic E-state index is -1.07. The van der Waals surface area contributed by atoms with Crippen LogP contribution in [0.5, 0.6) is 0 Å². The topological polar surface area (TPSA) is 129 Å². The lowest BCUT2D eigenvalue weighted by molar-refractivity contribution is -0.134. The highest BCUT2D eigenvalue weighted by Crippen LogP contribution is 2.18. The quantitative estimate of drug-likeness (QED) is 0.437. The lowest BCUT2D eigenvalue weighted by Gasteiger charge is -2.35. The van der Waals surface area contributed by atoms with Crippen molar-refractivity contribution >= 4 is 29.5 Å². The first-order valence-corrected chi connectivity index (χ1v) is 11.8. The molecule has 11 heteroatoms. The fraction of sp³-hybridized carbons (Fsp3) is 0.417. The Hall–Kier alpha value is -3.71. The fourth-order valence-electron chi connectivity index (χ4n) is 3.50. The summed E-state index contributed by atoms with van der Waals surface area (Å²) in [7, 11) is 0. The maximum absolute atomic E-state index is 13.1. The molecule has 3 rings (SSSR count). The molecule has 1 aliphatic heterocycles. The van der Waals surface area contributed by atoms with Gasteiger partial charge >= 0.3 is 6.09 Å². The predicted octanol–water partition coefficient (Wildman–Crippen LogP) is 2.89. The summed E-state index contributed by atoms with van der Waals surface area (Å²) in [4.78, 5) is 49.6. The van der Waals surface area contributed by atoms with Crippen LogP contribution in [0.1, 0.15) is 36.7 Å². The number of nitriles is 1. The van der Waals surface area contributed by atoms with E-state index in [1.807, 2.05) is 31.2 Å². The maximum atomic E-state index is 13.1. The Kier molecular flexibility index (Phi) is 9.38. The van der Waals surface area contributed by atoms with E-state index in [2.05, 4.69) is 15.3 Å². The Balaban J connectivity index is 1.64. The smallest absolute Gasteiger partial charge is 0.409 e. The van der Waals surface area contributed by atoms with E-state index in [9.17, 15) is 19.6 Å². The van der Waals surface area contributed by atoms with Gasteiger partial charge in [-0.2, -0.15) is 5.26 Å². The fourth-order valence-corrected chi connectivity index (χ4v) is 3.68. The molecule has 1 aliphatic rings. The average molecular weight is 499 g/mol. The highest BCUT2D eigenvalue weighted by molar-refractivity contribution is 6.29. The van der Waals surface area contributed by atoms with Crippen molar-refractivity contribution in [3.05, 3.63) is 47.2 Å². The number of hydrogen-bond acceptors (Lipinski definition) is 7. The third kappa shape index (κ3) is 7.13. The van der Waals surface area contributed by atoms with Crippen molar-refractivity contribution in [3.8, 4) is 17.5 Å². The van der Waals surface area contributed by atoms with Crippen LogP contribution in [0.3, 0.4) is 0 Å². The number of aromatic nitrogens is 2. The van der Waals surface area contributed by atoms with E-state index in [4.69, 9.17) is 16.3 Å². The summed E-state index contributed by atoms with van der Waals surface area (Å²) in [6.07, 6.45) is 1.11. The zero-order chi connectivity index (χ0) is 25.2. The van der Waals surface area contributed by atoms with Gasteiger partial charge in [-0.3, -0.25) is 9.59 Å². The number of ether oxygens (including phenoxy) is 1. The number of nitrogens with zero attached hydrogens (tertiary/aromatic N) is 5. The molecule has 1 aromatic heterocycles. The molecule has 0 saturated carbocycles. The predicted molar refractivity (Wildman–Crippen MR) is 128 cm³/mol. The molecule has 35 heavy (non-hydrogen) atoms. The van der Waals surface area contributed by atoms with Gasteiger partial charge in [-0.15, -0.1) is 0 Å². The minimum Gasteiger partial charge on any atom is -0.449 e. The van der Waals surface area contributed by atoms with E-state index in [1.165, 1.54) is 11.0 Å². The summed E-state index contributed by atoms with van der Waals surface area (Å²) in [5, 5.41) is 11.9. The van der Waals surface area contributed by atoms with E-state index in [1.54, 1.807) is 17.0 Å². The van der Waals surface area contributed by atoms with E-state index in [-0.39, 0.29) is 36.2 Å². The molecule has 2 heterocycles. The zero-order valence-electron chi connectivity index (χ0n) is 19.4. The second kappa shape index (κ2) is 12.7. The molecule has 1 atom stereocenters. The molecular weight excluding hydrogens is 472 g/mol. The monoisotopic (exact) mass is 498 g/mol. The van der Waals surface area contributed by atoms with Crippen LogP contribution < -0.4 is 5.32 Å². The number of rotatable bonds is 8. The second-order valence-corrected chi connectivity index (χ2v) is 8.32. The largest absolute Gasteiger partial charge is 0.449 e. The van der Waals surface area contributed by atoms with Gasteiger partial charge < -0.3 is 19.9 Å². The summed E-state index contributed by atoms with van der Waals surface area (Å²) in [6, 6.07) is 11.2. The molecule has 1 unspecified atom stereocenters. The molecule has 2 aromatic rings. The first kappa shape index (κ1) is 25.9. The summed E-state index contributed by atoms with van der Waals surface area (Å²) >= 11 is 6.10. The number of unbranched alkanes of at least 4 members (excludes halogenated alkanes) is 1. The Labute approximate surface area is 208 Å². The molecule has 10 nitrogen and oxygen atoms in total. The maximum Gasteiger partial charge on any atom is 0.409 e. The van der Waals surface area contributed by atoms with Crippen LogP contribution >= 0.6 is 11.6 Å². The summed E-state index contributed by atoms with van der Waals surface area (Å²) in [5.74, 6) is -0.770. The molecule has 184 valence electrons. The van der Waals surface area contributed by atoms with Gasteiger partial charge in [-0.25, -0.2) is 14.8 Å². The lowest BCUT2D eigenvalue weighted by atomic mass is 10.1. The second-order valence-electron chi connectivity index (χ2n) is 7.93. The number of benzene rings is 1. The van der Waals surface area contributed by atoms with E-state index in [0.29, 0.717) is 25.3 Å². The van der Waals surface area contributed by atoms with Gasteiger partial charge in [0.05, 0.1) is 19.1 Å². The zero-order valence-corrected chi connectivity index (χ0v) is 20.2. The van der Waals surface area contributed by atoms with Gasteiger partial charge in [-0.05, 0) is 6.42 Å². The molecule has 1 saturated heterocycles. The highest BCUT2D eigenvalue weighted by Gasteiger charge is 2.31. The Bertz CT molecular complexity index is 1080. The Morgan fingerprint density at radius 2 is 1.83 bits per heavy atom. The van der Waals surface area contributed by atoms with Crippen LogP contribution in [0, 0.1) is 11.3 Å². The molecule has 0 radical (unpaired) electrons. The molecule has 3 amide bonds. The van der Waals surface area contributed by atoms with Crippen molar-refractivity contribution in [2.24, 2.45) is 0 Å². The number of hydrogen-bond donors (Lipinski definition) is 1. The van der Waals surface area contributed by atoms with Crippen LogP contribution in [0.2, 0.25) is 5.15 Å². The SMILES string of the molecule is CCCCOC(=O)N1CCN(C(=O)C(CC#N)NC(=O)c2cc(Cl)nc(-c3ccccc3)n2)CC1. The third-order valence-electron chi connectivity index (χ3n) is 5.43. The first-order valence-electron chi connectivity index (χ1n) is 11.4. The summed E-state index contributed by atoms with van der Waals surface area (Å²) < 4.78 is 5.22. The van der Waals surface area contributed by atoms with Gasteiger partial charge in [0.25, 0.3) is 5.91 Å². The standard InChI is InChI=1S/C24H27ClN6O4/c1-2-3-15-35-24(34)31-13-11-30(12-14-31)23(33)18(9-10-26)28-22(32)19-16-20(25)29-21(27-19)17-7-5-4-6-8-17/h4-8,16,18H,2-3,9,11-15H2,1H3,(H,28,32). The van der Waals surface area contributed by atoms with Crippen LogP contribution in [0.4, 0.5) is 4.79 Å². The molecule has 1 aromatic carbocycles. The number of nitrogens with one attached hydrogen (secondary N) is 1. The number of piperazine rings is 1. The van der Waals surface area contributed by atoms with E-state index >= 15 is 0 Å². The van der Waals surface area contributed by atoms with Crippen LogP contribution in [0.25, 0.3) is 11.4 Å². The van der Waals surface area contributed by atoms with Crippen molar-refractivity contribution in [2.75, 3.05) is 32.8 Å². The number of carbonyl (C=O) groups is 3. The Morgan fingerprint density at radius 3 is 2.49 bits per heavy atom. The molecule has 0 bridgehead atoms. The summed E-state index contributed by atoms with van der Waals surface area (Å²) in [6.45, 7) is 3.55. The van der Waals surface area contributed by atoms with E-state index in [0.717, 1.165) is 12.8 Å². The van der Waals surface area contributed by atoms with Crippen LogP contribution in [-0.4, -0.2) is 76.5 Å². The molecule has 1 fully saturated rings. The first-order chi connectivity index (χ1) is 16.9. The molecular formula is C24H27ClN6O4. The van der Waals surface area contributed by atoms with E-state index < -0.39 is 23.9 Å². The number of carbonyl (C=O) groups excluding carboxylic acids is 3. The summed E-state index contributed by atoms with van der Waals surface area (Å²) in [5.41, 5.74) is 0.666. The molecule has 0 aliphatic carbocycles. The van der Waals surface area contributed by atoms with Gasteiger partial charge in [-0.1, -0.05) is 55.3 Å². The third-order valence-corrected chi connectivity index (χ3v) is 5.62. The molecule has 1 N–H and O–H groups in total. The van der Waals surface area contributed by atoms with Crippen molar-refractivity contribution in [3.63, 3.8) is 0 Å².